The minimum absolute atomic E-state index is 0.0711. The van der Waals surface area contributed by atoms with Crippen LogP contribution < -0.4 is 11.1 Å². The molecule has 2 unspecified atom stereocenters. The van der Waals surface area contributed by atoms with Gasteiger partial charge in [0.1, 0.15) is 12.1 Å². The minimum atomic E-state index is -1.02. The van der Waals surface area contributed by atoms with Crippen LogP contribution in [-0.2, 0) is 19.1 Å². The largest absolute Gasteiger partial charge is 0.480 e. The standard InChI is InChI=1S/C45H76N2O5/c1-3-5-7-9-11-13-15-17-19-21-23-26-30-35-41(36-31-27-25-28-32-38-43(48)47-42(45(50)51)37-34-40-46)52-44(49)39-33-29-24-22-20-18-16-14-12-10-8-6-4-2/h6,8,12,14-15,17-18,20-21,23-24,29,41-42H,3-5,7,9-11,13,16,19,22,25-28,30-40,46H2,1-2H3,(H,47,48)(H,50,51)/b8-6-,14-12-,17-15-,20-18-,23-21-,29-24-. The Labute approximate surface area is 318 Å². The van der Waals surface area contributed by atoms with Gasteiger partial charge < -0.3 is 20.9 Å². The predicted molar refractivity (Wildman–Crippen MR) is 220 cm³/mol. The highest BCUT2D eigenvalue weighted by Gasteiger charge is 2.19. The van der Waals surface area contributed by atoms with Crippen LogP contribution >= 0.6 is 0 Å². The summed E-state index contributed by atoms with van der Waals surface area (Å²) in [5, 5.41) is 11.9. The van der Waals surface area contributed by atoms with Gasteiger partial charge in [0.05, 0.1) is 0 Å². The lowest BCUT2D eigenvalue weighted by Gasteiger charge is -2.18. The summed E-state index contributed by atoms with van der Waals surface area (Å²) in [6, 6.07) is -0.869. The first-order chi connectivity index (χ1) is 25.4. The van der Waals surface area contributed by atoms with Crippen molar-refractivity contribution in [2.75, 3.05) is 6.54 Å². The van der Waals surface area contributed by atoms with Gasteiger partial charge in [0, 0.05) is 12.8 Å². The van der Waals surface area contributed by atoms with E-state index >= 15 is 0 Å². The smallest absolute Gasteiger partial charge is 0.326 e. The number of carbonyl (C=O) groups excluding carboxylic acids is 2. The van der Waals surface area contributed by atoms with Crippen molar-refractivity contribution >= 4 is 17.8 Å². The Bertz CT molecular complexity index is 1040. The monoisotopic (exact) mass is 725 g/mol. The molecule has 296 valence electrons. The molecule has 0 aliphatic heterocycles. The molecule has 7 heteroatoms. The van der Waals surface area contributed by atoms with E-state index in [0.717, 1.165) is 89.9 Å². The predicted octanol–water partition coefficient (Wildman–Crippen LogP) is 11.6. The van der Waals surface area contributed by atoms with Crippen molar-refractivity contribution in [2.24, 2.45) is 5.73 Å². The number of hydrogen-bond donors (Lipinski definition) is 3. The fourth-order valence-corrected chi connectivity index (χ4v) is 5.68. The summed E-state index contributed by atoms with van der Waals surface area (Å²) in [5.74, 6) is -1.36. The summed E-state index contributed by atoms with van der Waals surface area (Å²) >= 11 is 0. The minimum Gasteiger partial charge on any atom is -0.480 e. The number of esters is 1. The van der Waals surface area contributed by atoms with Crippen LogP contribution in [0, 0.1) is 0 Å². The van der Waals surface area contributed by atoms with Gasteiger partial charge in [-0.1, -0.05) is 132 Å². The number of unbranched alkanes of at least 4 members (excludes halogenated alkanes) is 10. The number of nitrogens with one attached hydrogen (secondary N) is 1. The Balaban J connectivity index is 4.54. The second-order valence-electron chi connectivity index (χ2n) is 13.7. The summed E-state index contributed by atoms with van der Waals surface area (Å²) < 4.78 is 5.96. The van der Waals surface area contributed by atoms with E-state index in [2.05, 4.69) is 92.1 Å². The number of aliphatic carboxylic acids is 1. The molecule has 52 heavy (non-hydrogen) atoms. The maximum Gasteiger partial charge on any atom is 0.326 e. The van der Waals surface area contributed by atoms with Gasteiger partial charge in [0.25, 0.3) is 0 Å². The molecule has 2 atom stereocenters. The van der Waals surface area contributed by atoms with Gasteiger partial charge in [-0.05, 0) is 109 Å². The summed E-state index contributed by atoms with van der Waals surface area (Å²) in [5.41, 5.74) is 5.48. The molecule has 4 N–H and O–H groups in total. The lowest BCUT2D eigenvalue weighted by atomic mass is 10.0. The summed E-state index contributed by atoms with van der Waals surface area (Å²) in [4.78, 5) is 36.3. The normalized spacial score (nSPS) is 13.4. The highest BCUT2D eigenvalue weighted by Crippen LogP contribution is 2.17. The van der Waals surface area contributed by atoms with Gasteiger partial charge >= 0.3 is 11.9 Å². The van der Waals surface area contributed by atoms with Crippen LogP contribution in [0.2, 0.25) is 0 Å². The number of amides is 1. The highest BCUT2D eigenvalue weighted by molar-refractivity contribution is 5.83. The molecule has 0 aromatic carbocycles. The number of hydrogen-bond acceptors (Lipinski definition) is 5. The van der Waals surface area contributed by atoms with Gasteiger partial charge in [-0.25, -0.2) is 4.79 Å². The SMILES string of the molecule is CC/C=C\C/C=C\C/C=C\C/C=C\CCC(=O)OC(CCC/C=C\C/C=C\CCCCCCC)CCCCCCCC(=O)NC(CCCN)C(=O)O. The average Bonchev–Trinajstić information content (AvgIpc) is 3.13. The lowest BCUT2D eigenvalue weighted by Crippen LogP contribution is -2.40. The summed E-state index contributed by atoms with van der Waals surface area (Å²) in [6.07, 6.45) is 49.5. The molecule has 1 amide bonds. The zero-order valence-electron chi connectivity index (χ0n) is 33.1. The number of carboxylic acid groups (broad SMARTS) is 1. The van der Waals surface area contributed by atoms with Crippen LogP contribution in [-0.4, -0.2) is 41.6 Å². The van der Waals surface area contributed by atoms with E-state index < -0.39 is 12.0 Å². The van der Waals surface area contributed by atoms with Crippen LogP contribution in [0.1, 0.15) is 174 Å². The van der Waals surface area contributed by atoms with Crippen molar-refractivity contribution in [1.29, 1.82) is 0 Å². The third kappa shape index (κ3) is 35.2. The first kappa shape index (κ1) is 48.8. The lowest BCUT2D eigenvalue weighted by molar-refractivity contribution is -0.149. The molecular weight excluding hydrogens is 649 g/mol. The average molecular weight is 725 g/mol. The molecule has 7 nitrogen and oxygen atoms in total. The number of rotatable bonds is 36. The molecule has 0 bridgehead atoms. The molecule has 0 radical (unpaired) electrons. The second kappa shape index (κ2) is 39.0. The van der Waals surface area contributed by atoms with E-state index in [9.17, 15) is 19.5 Å². The van der Waals surface area contributed by atoms with E-state index in [1.807, 2.05) is 0 Å². The molecular formula is C45H76N2O5. The van der Waals surface area contributed by atoms with Gasteiger partial charge in [-0.15, -0.1) is 0 Å². The van der Waals surface area contributed by atoms with Crippen molar-refractivity contribution in [3.8, 4) is 0 Å². The third-order valence-corrected chi connectivity index (χ3v) is 8.77. The number of allylic oxidation sites excluding steroid dienone is 12. The zero-order valence-corrected chi connectivity index (χ0v) is 33.1. The number of carbonyl (C=O) groups is 3. The topological polar surface area (TPSA) is 119 Å². The van der Waals surface area contributed by atoms with Gasteiger partial charge in [-0.2, -0.15) is 0 Å². The van der Waals surface area contributed by atoms with E-state index in [0.29, 0.717) is 38.6 Å². The molecule has 0 saturated carbocycles. The molecule has 0 rings (SSSR count). The van der Waals surface area contributed by atoms with Crippen LogP contribution in [0.4, 0.5) is 0 Å². The van der Waals surface area contributed by atoms with Crippen LogP contribution in [0.25, 0.3) is 0 Å². The number of nitrogens with two attached hydrogens (primary N) is 1. The first-order valence-corrected chi connectivity index (χ1v) is 20.8. The molecule has 0 heterocycles. The summed E-state index contributed by atoms with van der Waals surface area (Å²) in [7, 11) is 0. The second-order valence-corrected chi connectivity index (χ2v) is 13.7. The number of carboxylic acids is 1. The fourth-order valence-electron chi connectivity index (χ4n) is 5.68. The molecule has 0 aliphatic rings. The van der Waals surface area contributed by atoms with Crippen LogP contribution in [0.15, 0.2) is 72.9 Å². The molecule has 0 aromatic rings. The van der Waals surface area contributed by atoms with Crippen molar-refractivity contribution in [3.63, 3.8) is 0 Å². The van der Waals surface area contributed by atoms with Crippen molar-refractivity contribution < 1.29 is 24.2 Å². The molecule has 0 saturated heterocycles. The first-order valence-electron chi connectivity index (χ1n) is 20.8. The highest BCUT2D eigenvalue weighted by atomic mass is 16.5. The van der Waals surface area contributed by atoms with E-state index in [-0.39, 0.29) is 18.0 Å². The Morgan fingerprint density at radius 2 is 1.10 bits per heavy atom. The van der Waals surface area contributed by atoms with Gasteiger partial charge in [-0.3, -0.25) is 9.59 Å². The van der Waals surface area contributed by atoms with Crippen molar-refractivity contribution in [2.45, 2.75) is 187 Å². The van der Waals surface area contributed by atoms with Crippen LogP contribution in [0.5, 0.6) is 0 Å². The maximum absolute atomic E-state index is 12.7. The van der Waals surface area contributed by atoms with Crippen LogP contribution in [0.3, 0.4) is 0 Å². The van der Waals surface area contributed by atoms with E-state index in [1.165, 1.54) is 38.5 Å². The van der Waals surface area contributed by atoms with Crippen molar-refractivity contribution in [1.82, 2.24) is 5.32 Å². The molecule has 0 aliphatic carbocycles. The maximum atomic E-state index is 12.7. The van der Waals surface area contributed by atoms with E-state index in [4.69, 9.17) is 10.5 Å². The Hall–Kier alpha value is -3.19. The molecule has 0 spiro atoms. The quantitative estimate of drug-likeness (QED) is 0.0336. The molecule has 0 aromatic heterocycles. The summed E-state index contributed by atoms with van der Waals surface area (Å²) in [6.45, 7) is 4.79. The Kier molecular flexibility index (Phi) is 36.6. The van der Waals surface area contributed by atoms with Gasteiger partial charge in [0.2, 0.25) is 5.91 Å². The van der Waals surface area contributed by atoms with E-state index in [1.54, 1.807) is 0 Å². The van der Waals surface area contributed by atoms with Crippen molar-refractivity contribution in [3.05, 3.63) is 72.9 Å². The third-order valence-electron chi connectivity index (χ3n) is 8.77. The molecule has 0 fully saturated rings. The Morgan fingerprint density at radius 1 is 0.577 bits per heavy atom. The van der Waals surface area contributed by atoms with Gasteiger partial charge in [0.15, 0.2) is 0 Å². The zero-order chi connectivity index (χ0) is 38.2. The Morgan fingerprint density at radius 3 is 1.71 bits per heavy atom. The number of ether oxygens (including phenoxy) is 1. The fraction of sp³-hybridized carbons (Fsp3) is 0.667.